The number of alkyl carbamates (subject to hydrolysis) is 1. The summed E-state index contributed by atoms with van der Waals surface area (Å²) in [7, 11) is 0. The number of primary amides is 1. The Labute approximate surface area is 236 Å². The first kappa shape index (κ1) is 36.6. The van der Waals surface area contributed by atoms with Crippen molar-refractivity contribution >= 4 is 23.8 Å². The van der Waals surface area contributed by atoms with E-state index >= 15 is 0 Å². The minimum Gasteiger partial charge on any atom is -0.444 e. The monoisotopic (exact) mass is 556 g/mol. The quantitative estimate of drug-likeness (QED) is 0.322. The molecule has 3 unspecified atom stereocenters. The van der Waals surface area contributed by atoms with Gasteiger partial charge in [-0.3, -0.25) is 14.4 Å². The molecule has 5 N–H and O–H groups in total. The number of hydrogen-bond donors (Lipinski definition) is 4. The van der Waals surface area contributed by atoms with Gasteiger partial charge < -0.3 is 31.1 Å². The molecule has 1 saturated heterocycles. The fourth-order valence-electron chi connectivity index (χ4n) is 4.55. The Hall–Kier alpha value is -2.36. The van der Waals surface area contributed by atoms with E-state index in [1.165, 1.54) is 4.90 Å². The molecule has 10 nitrogen and oxygen atoms in total. The number of nitrogens with zero attached hydrogens (tertiary/aromatic N) is 1. The van der Waals surface area contributed by atoms with Gasteiger partial charge in [-0.25, -0.2) is 4.79 Å². The van der Waals surface area contributed by atoms with Crippen LogP contribution < -0.4 is 16.4 Å². The van der Waals surface area contributed by atoms with Crippen molar-refractivity contribution in [1.82, 2.24) is 15.5 Å². The number of aliphatic hydroxyl groups is 1. The van der Waals surface area contributed by atoms with Crippen LogP contribution in [0.3, 0.4) is 0 Å². The van der Waals surface area contributed by atoms with Gasteiger partial charge in [-0.05, 0) is 57.8 Å². The Kier molecular flexibility index (Phi) is 17.0. The maximum atomic E-state index is 13.3. The SMILES string of the molecule is CC.CC(C)C.CCC[C@H]1CCN(C(=O)CNC(=O)OC(C)(C)C)C1C(=O)NC(CC1CCC1)C(O)C(N)=O. The minimum absolute atomic E-state index is 0.0458. The van der Waals surface area contributed by atoms with E-state index in [9.17, 15) is 24.3 Å². The summed E-state index contributed by atoms with van der Waals surface area (Å²) in [6, 6.07) is -1.53. The molecule has 4 amide bonds. The van der Waals surface area contributed by atoms with Gasteiger partial charge in [-0.2, -0.15) is 0 Å². The summed E-state index contributed by atoms with van der Waals surface area (Å²) in [5.74, 6) is -0.553. The lowest BCUT2D eigenvalue weighted by Gasteiger charge is -2.34. The molecule has 228 valence electrons. The van der Waals surface area contributed by atoms with Crippen molar-refractivity contribution in [2.45, 2.75) is 131 Å². The van der Waals surface area contributed by atoms with Crippen molar-refractivity contribution in [3.63, 3.8) is 0 Å². The van der Waals surface area contributed by atoms with Crippen LogP contribution in [0.25, 0.3) is 0 Å². The first-order chi connectivity index (χ1) is 18.2. The van der Waals surface area contributed by atoms with Crippen molar-refractivity contribution < 1.29 is 29.0 Å². The lowest BCUT2D eigenvalue weighted by molar-refractivity contribution is -0.140. The molecule has 39 heavy (non-hydrogen) atoms. The van der Waals surface area contributed by atoms with Crippen molar-refractivity contribution in [3.05, 3.63) is 0 Å². The molecule has 1 saturated carbocycles. The maximum absolute atomic E-state index is 13.3. The summed E-state index contributed by atoms with van der Waals surface area (Å²) >= 11 is 0. The van der Waals surface area contributed by atoms with Crippen molar-refractivity contribution in [3.8, 4) is 0 Å². The van der Waals surface area contributed by atoms with Crippen LogP contribution in [0.1, 0.15) is 107 Å². The number of carbonyl (C=O) groups excluding carboxylic acids is 4. The molecular formula is C29H56N4O6. The lowest BCUT2D eigenvalue weighted by atomic mass is 9.79. The van der Waals surface area contributed by atoms with E-state index in [1.807, 2.05) is 20.8 Å². The average molecular weight is 557 g/mol. The fourth-order valence-corrected chi connectivity index (χ4v) is 4.55. The Balaban J connectivity index is 0.00000220. The zero-order chi connectivity index (χ0) is 30.3. The number of nitrogens with two attached hydrogens (primary N) is 1. The molecule has 1 aliphatic heterocycles. The Bertz CT molecular complexity index is 761. The summed E-state index contributed by atoms with van der Waals surface area (Å²) in [6.45, 7) is 17.8. The minimum atomic E-state index is -1.49. The van der Waals surface area contributed by atoms with E-state index in [-0.39, 0.29) is 18.4 Å². The number of nitrogens with one attached hydrogen (secondary N) is 2. The molecule has 2 aliphatic rings. The molecule has 10 heteroatoms. The van der Waals surface area contributed by atoms with Gasteiger partial charge in [-0.15, -0.1) is 0 Å². The summed E-state index contributed by atoms with van der Waals surface area (Å²) < 4.78 is 5.17. The highest BCUT2D eigenvalue weighted by Gasteiger charge is 2.43. The number of likely N-dealkylation sites (tertiary alicyclic amines) is 1. The van der Waals surface area contributed by atoms with E-state index in [4.69, 9.17) is 10.5 Å². The maximum Gasteiger partial charge on any atom is 0.408 e. The number of carbonyl (C=O) groups is 4. The number of hydrogen-bond acceptors (Lipinski definition) is 6. The van der Waals surface area contributed by atoms with Crippen molar-refractivity contribution in [1.29, 1.82) is 0 Å². The number of aliphatic hydroxyl groups excluding tert-OH is 1. The topological polar surface area (TPSA) is 151 Å². The lowest BCUT2D eigenvalue weighted by Crippen LogP contribution is -2.57. The Morgan fingerprint density at radius 3 is 2.08 bits per heavy atom. The number of rotatable bonds is 10. The predicted octanol–water partition coefficient (Wildman–Crippen LogP) is 3.74. The molecule has 0 aromatic rings. The van der Waals surface area contributed by atoms with Crippen molar-refractivity contribution in [2.75, 3.05) is 13.1 Å². The fraction of sp³-hybridized carbons (Fsp3) is 0.862. The Morgan fingerprint density at radius 2 is 1.64 bits per heavy atom. The molecule has 4 atom stereocenters. The smallest absolute Gasteiger partial charge is 0.408 e. The van der Waals surface area contributed by atoms with Gasteiger partial charge in [0.1, 0.15) is 18.2 Å². The first-order valence-corrected chi connectivity index (χ1v) is 14.7. The average Bonchev–Trinajstić information content (AvgIpc) is 3.22. The third-order valence-corrected chi connectivity index (χ3v) is 6.37. The molecule has 2 fully saturated rings. The highest BCUT2D eigenvalue weighted by molar-refractivity contribution is 5.91. The summed E-state index contributed by atoms with van der Waals surface area (Å²) in [6.07, 6.45) is 3.61. The normalized spacial score (nSPS) is 20.3. The van der Waals surface area contributed by atoms with Gasteiger partial charge in [-0.1, -0.05) is 67.2 Å². The van der Waals surface area contributed by atoms with E-state index in [2.05, 4.69) is 31.4 Å². The second-order valence-corrected chi connectivity index (χ2v) is 12.0. The summed E-state index contributed by atoms with van der Waals surface area (Å²) in [4.78, 5) is 51.2. The molecule has 0 spiro atoms. The molecule has 0 aromatic carbocycles. The second kappa shape index (κ2) is 18.1. The predicted molar refractivity (Wildman–Crippen MR) is 154 cm³/mol. The van der Waals surface area contributed by atoms with E-state index in [1.54, 1.807) is 20.8 Å². The highest BCUT2D eigenvalue weighted by atomic mass is 16.6. The number of amides is 4. The zero-order valence-corrected chi connectivity index (χ0v) is 25.8. The number of ether oxygens (including phenoxy) is 1. The van der Waals surface area contributed by atoms with E-state index in [0.717, 1.165) is 38.0 Å². The molecule has 1 aliphatic carbocycles. The molecule has 2 rings (SSSR count). The van der Waals surface area contributed by atoms with Gasteiger partial charge in [0.2, 0.25) is 17.7 Å². The molecule has 1 heterocycles. The first-order valence-electron chi connectivity index (χ1n) is 14.7. The largest absolute Gasteiger partial charge is 0.444 e. The van der Waals surface area contributed by atoms with Crippen LogP contribution in [-0.4, -0.2) is 70.7 Å². The van der Waals surface area contributed by atoms with E-state index < -0.39 is 41.7 Å². The third-order valence-electron chi connectivity index (χ3n) is 6.37. The summed E-state index contributed by atoms with van der Waals surface area (Å²) in [5.41, 5.74) is 4.62. The molecular weight excluding hydrogens is 500 g/mol. The highest BCUT2D eigenvalue weighted by Crippen LogP contribution is 2.32. The van der Waals surface area contributed by atoms with Crippen LogP contribution >= 0.6 is 0 Å². The van der Waals surface area contributed by atoms with Crippen LogP contribution in [0.5, 0.6) is 0 Å². The standard InChI is InChI=1S/C23H40N4O6.C4H10.C2H6/c1-5-7-15-10-11-27(17(28)13-25-22(32)33-23(2,3)4)18(15)21(31)26-16(19(29)20(24)30)12-14-8-6-9-14;1-4(2)3;1-2/h14-16,18-19,29H,5-13H2,1-4H3,(H2,24,30)(H,25,32)(H,26,31);4H,1-3H3;1-2H3/t15-,16?,18?,19?;;/m0../s1. The van der Waals surface area contributed by atoms with Crippen LogP contribution in [-0.2, 0) is 19.1 Å². The molecule has 0 bridgehead atoms. The van der Waals surface area contributed by atoms with E-state index in [0.29, 0.717) is 25.3 Å². The molecule has 0 aromatic heterocycles. The van der Waals surface area contributed by atoms with Crippen LogP contribution in [0, 0.1) is 17.8 Å². The van der Waals surface area contributed by atoms with Gasteiger partial charge in [0.25, 0.3) is 0 Å². The van der Waals surface area contributed by atoms with Crippen LogP contribution in [0.4, 0.5) is 4.79 Å². The van der Waals surface area contributed by atoms with Crippen LogP contribution in [0.2, 0.25) is 0 Å². The Morgan fingerprint density at radius 1 is 1.08 bits per heavy atom. The van der Waals surface area contributed by atoms with Crippen LogP contribution in [0.15, 0.2) is 0 Å². The van der Waals surface area contributed by atoms with Gasteiger partial charge in [0.15, 0.2) is 6.10 Å². The second-order valence-electron chi connectivity index (χ2n) is 12.0. The van der Waals surface area contributed by atoms with Gasteiger partial charge in [0, 0.05) is 6.54 Å². The van der Waals surface area contributed by atoms with Gasteiger partial charge >= 0.3 is 6.09 Å². The molecule has 0 radical (unpaired) electrons. The third kappa shape index (κ3) is 14.0. The zero-order valence-electron chi connectivity index (χ0n) is 25.8. The van der Waals surface area contributed by atoms with Crippen molar-refractivity contribution in [2.24, 2.45) is 23.5 Å². The summed E-state index contributed by atoms with van der Waals surface area (Å²) in [5, 5.41) is 15.6. The van der Waals surface area contributed by atoms with Gasteiger partial charge in [0.05, 0.1) is 6.04 Å².